The number of imidazole rings is 1. The number of benzene rings is 3. The van der Waals surface area contributed by atoms with E-state index in [0.29, 0.717) is 26.0 Å². The molecular formula is C23H13BrF3N3O4. The summed E-state index contributed by atoms with van der Waals surface area (Å²) in [4.78, 5) is 18.7. The maximum Gasteiger partial charge on any atom is 0.371 e. The minimum atomic E-state index is -2.94. The van der Waals surface area contributed by atoms with Crippen LogP contribution in [0.15, 0.2) is 69.6 Å². The number of carboxylic acids is 1. The molecule has 0 bridgehead atoms. The summed E-state index contributed by atoms with van der Waals surface area (Å²) in [7, 11) is 0. The van der Waals surface area contributed by atoms with Crippen LogP contribution in [-0.2, 0) is 0 Å². The summed E-state index contributed by atoms with van der Waals surface area (Å²) < 4.78 is 53.1. The van der Waals surface area contributed by atoms with E-state index in [0.717, 1.165) is 0 Å². The van der Waals surface area contributed by atoms with E-state index in [1.54, 1.807) is 18.2 Å². The van der Waals surface area contributed by atoms with E-state index < -0.39 is 18.3 Å². The summed E-state index contributed by atoms with van der Waals surface area (Å²) >= 11 is 3.19. The number of aromatic carboxylic acids is 1. The number of fused-ring (bicyclic) bond motifs is 2. The number of H-pyrrole nitrogens is 1. The van der Waals surface area contributed by atoms with Crippen molar-refractivity contribution in [3.63, 3.8) is 0 Å². The number of halogens is 4. The first-order valence-electron chi connectivity index (χ1n) is 9.76. The van der Waals surface area contributed by atoms with E-state index >= 15 is 0 Å². The van der Waals surface area contributed by atoms with Gasteiger partial charge in [0.1, 0.15) is 17.1 Å². The molecule has 0 spiro atoms. The number of para-hydroxylation sites is 1. The summed E-state index contributed by atoms with van der Waals surface area (Å²) in [6.45, 7) is -2.94. The van der Waals surface area contributed by atoms with Gasteiger partial charge in [0.25, 0.3) is 0 Å². The number of carbonyl (C=O) groups is 1. The Hall–Kier alpha value is -3.99. The van der Waals surface area contributed by atoms with Crippen LogP contribution < -0.4 is 9.64 Å². The number of nitrogens with zero attached hydrogens (tertiary/aromatic N) is 2. The number of furan rings is 1. The second kappa shape index (κ2) is 8.41. The highest BCUT2D eigenvalue weighted by molar-refractivity contribution is 9.10. The van der Waals surface area contributed by atoms with Crippen LogP contribution in [0.5, 0.6) is 11.5 Å². The van der Waals surface area contributed by atoms with E-state index in [9.17, 15) is 18.0 Å². The first-order valence-corrected chi connectivity index (χ1v) is 10.6. The average Bonchev–Trinajstić information content (AvgIpc) is 3.40. The summed E-state index contributed by atoms with van der Waals surface area (Å²) in [6, 6.07) is 14.5. The number of ether oxygens (including phenoxy) is 1. The number of aromatic amines is 1. The molecule has 0 unspecified atom stereocenters. The van der Waals surface area contributed by atoms with Crippen LogP contribution in [0.4, 0.5) is 24.8 Å². The van der Waals surface area contributed by atoms with Crippen molar-refractivity contribution in [2.75, 3.05) is 4.90 Å². The predicted octanol–water partition coefficient (Wildman–Crippen LogP) is 7.06. The molecule has 5 aromatic rings. The molecule has 0 aliphatic rings. The number of aromatic nitrogens is 2. The minimum Gasteiger partial charge on any atom is -0.475 e. The molecule has 0 amide bonds. The molecule has 34 heavy (non-hydrogen) atoms. The first-order chi connectivity index (χ1) is 16.3. The zero-order valence-electron chi connectivity index (χ0n) is 16.9. The van der Waals surface area contributed by atoms with Gasteiger partial charge in [0.05, 0.1) is 5.52 Å². The molecule has 0 radical (unpaired) electrons. The van der Waals surface area contributed by atoms with E-state index in [1.807, 2.05) is 0 Å². The Labute approximate surface area is 197 Å². The molecule has 0 aliphatic carbocycles. The van der Waals surface area contributed by atoms with Gasteiger partial charge in [-0.05, 0) is 64.5 Å². The summed E-state index contributed by atoms with van der Waals surface area (Å²) in [6.07, 6.45) is 0. The highest BCUT2D eigenvalue weighted by Gasteiger charge is 2.23. The Kier molecular flexibility index (Phi) is 5.40. The number of carboxylic acid groups (broad SMARTS) is 1. The van der Waals surface area contributed by atoms with Crippen LogP contribution in [0.1, 0.15) is 10.6 Å². The summed E-state index contributed by atoms with van der Waals surface area (Å²) in [5, 5.41) is 9.68. The fourth-order valence-corrected chi connectivity index (χ4v) is 4.02. The monoisotopic (exact) mass is 531 g/mol. The highest BCUT2D eigenvalue weighted by atomic mass is 79.9. The van der Waals surface area contributed by atoms with Gasteiger partial charge in [-0.1, -0.05) is 12.1 Å². The third kappa shape index (κ3) is 3.94. The normalized spacial score (nSPS) is 11.4. The fourth-order valence-electron chi connectivity index (χ4n) is 3.49. The number of alkyl halides is 2. The predicted molar refractivity (Wildman–Crippen MR) is 122 cm³/mol. The lowest BCUT2D eigenvalue weighted by Gasteiger charge is -2.21. The van der Waals surface area contributed by atoms with Crippen LogP contribution in [0, 0.1) is 5.82 Å². The lowest BCUT2D eigenvalue weighted by molar-refractivity contribution is 0.0665. The standard InChI is InChI=1S/C23H13BrF3N3O4/c24-15-9-12(25)10-16-19(15)29-23(28-16)30(22(26)27)13-4-6-14(7-5-13)33-17-3-1-2-11-8-18(21(31)32)34-20(11)17/h1-10,22H,(H,28,29)(H,31,32). The number of rotatable bonds is 6. The van der Waals surface area contributed by atoms with Crippen LogP contribution in [0.2, 0.25) is 0 Å². The number of hydrogen-bond acceptors (Lipinski definition) is 5. The minimum absolute atomic E-state index is 0.113. The van der Waals surface area contributed by atoms with Gasteiger partial charge in [-0.25, -0.2) is 14.2 Å². The zero-order chi connectivity index (χ0) is 24.0. The van der Waals surface area contributed by atoms with Crippen LogP contribution in [0.25, 0.3) is 22.0 Å². The molecule has 0 saturated carbocycles. The van der Waals surface area contributed by atoms with Crippen molar-refractivity contribution in [1.82, 2.24) is 9.97 Å². The molecule has 0 saturated heterocycles. The molecule has 7 nitrogen and oxygen atoms in total. The number of anilines is 2. The van der Waals surface area contributed by atoms with Gasteiger partial charge in [-0.3, -0.25) is 4.90 Å². The smallest absolute Gasteiger partial charge is 0.371 e. The molecule has 11 heteroatoms. The largest absolute Gasteiger partial charge is 0.475 e. The van der Waals surface area contributed by atoms with E-state index in [-0.39, 0.29) is 34.2 Å². The number of nitrogens with one attached hydrogen (secondary N) is 1. The van der Waals surface area contributed by atoms with Crippen LogP contribution in [0.3, 0.4) is 0 Å². The molecule has 3 aromatic carbocycles. The molecule has 2 N–H and O–H groups in total. The maximum absolute atomic E-state index is 14.0. The summed E-state index contributed by atoms with van der Waals surface area (Å²) in [5.41, 5.74) is 0.940. The Bertz CT molecular complexity index is 1530. The molecule has 0 fully saturated rings. The van der Waals surface area contributed by atoms with Gasteiger partial charge in [-0.2, -0.15) is 8.78 Å². The van der Waals surface area contributed by atoms with Gasteiger partial charge in [-0.15, -0.1) is 0 Å². The summed E-state index contributed by atoms with van der Waals surface area (Å²) in [5.74, 6) is -1.56. The Morgan fingerprint density at radius 2 is 1.91 bits per heavy atom. The van der Waals surface area contributed by atoms with Crippen molar-refractivity contribution < 1.29 is 32.2 Å². The molecular weight excluding hydrogens is 519 g/mol. The van der Waals surface area contributed by atoms with E-state index in [1.165, 1.54) is 42.5 Å². The third-order valence-corrected chi connectivity index (χ3v) is 5.58. The topological polar surface area (TPSA) is 91.6 Å². The average molecular weight is 532 g/mol. The van der Waals surface area contributed by atoms with Crippen LogP contribution in [-0.4, -0.2) is 27.6 Å². The zero-order valence-corrected chi connectivity index (χ0v) is 18.5. The molecule has 0 aliphatic heterocycles. The van der Waals surface area contributed by atoms with Gasteiger partial charge < -0.3 is 19.2 Å². The van der Waals surface area contributed by atoms with Crippen molar-refractivity contribution in [2.45, 2.75) is 6.55 Å². The lowest BCUT2D eigenvalue weighted by atomic mass is 10.2. The Morgan fingerprint density at radius 1 is 1.15 bits per heavy atom. The van der Waals surface area contributed by atoms with Crippen molar-refractivity contribution in [2.24, 2.45) is 0 Å². The second-order valence-corrected chi connectivity index (χ2v) is 8.03. The molecule has 2 aromatic heterocycles. The van der Waals surface area contributed by atoms with E-state index in [2.05, 4.69) is 25.9 Å². The SMILES string of the molecule is O=C(O)c1cc2cccc(Oc3ccc(N(c4nc5c(Br)cc(F)cc5[nH]4)C(F)F)cc3)c2o1. The van der Waals surface area contributed by atoms with Gasteiger partial charge in [0.15, 0.2) is 11.3 Å². The maximum atomic E-state index is 14.0. The Morgan fingerprint density at radius 3 is 2.62 bits per heavy atom. The quantitative estimate of drug-likeness (QED) is 0.228. The lowest BCUT2D eigenvalue weighted by Crippen LogP contribution is -2.24. The van der Waals surface area contributed by atoms with Crippen molar-refractivity contribution >= 4 is 55.5 Å². The van der Waals surface area contributed by atoms with Crippen molar-refractivity contribution in [3.05, 3.63) is 76.7 Å². The molecule has 5 rings (SSSR count). The van der Waals surface area contributed by atoms with Gasteiger partial charge >= 0.3 is 12.5 Å². The van der Waals surface area contributed by atoms with Crippen molar-refractivity contribution in [3.8, 4) is 11.5 Å². The Balaban J connectivity index is 1.45. The molecule has 172 valence electrons. The van der Waals surface area contributed by atoms with E-state index in [4.69, 9.17) is 14.3 Å². The highest BCUT2D eigenvalue weighted by Crippen LogP contribution is 2.35. The first kappa shape index (κ1) is 21.8. The number of hydrogen-bond donors (Lipinski definition) is 2. The van der Waals surface area contributed by atoms with Crippen molar-refractivity contribution in [1.29, 1.82) is 0 Å². The van der Waals surface area contributed by atoms with Crippen LogP contribution >= 0.6 is 15.9 Å². The molecule has 0 atom stereocenters. The van der Waals surface area contributed by atoms with Gasteiger partial charge in [0.2, 0.25) is 11.7 Å². The third-order valence-electron chi connectivity index (χ3n) is 4.98. The molecule has 2 heterocycles. The second-order valence-electron chi connectivity index (χ2n) is 7.18. The fraction of sp³-hybridized carbons (Fsp3) is 0.0435. The van der Waals surface area contributed by atoms with Gasteiger partial charge in [0, 0.05) is 15.5 Å².